The van der Waals surface area contributed by atoms with Crippen LogP contribution in [0.15, 0.2) is 30.3 Å². The number of carbonyl (C=O) groups excluding carboxylic acids is 1. The van der Waals surface area contributed by atoms with Crippen molar-refractivity contribution < 1.29 is 4.79 Å². The van der Waals surface area contributed by atoms with Gasteiger partial charge in [0.15, 0.2) is 0 Å². The van der Waals surface area contributed by atoms with Crippen molar-refractivity contribution in [1.82, 2.24) is 9.36 Å². The van der Waals surface area contributed by atoms with E-state index in [4.69, 9.17) is 0 Å². The average Bonchev–Trinajstić information content (AvgIpc) is 2.97. The van der Waals surface area contributed by atoms with Crippen molar-refractivity contribution in [2.24, 2.45) is 0 Å². The fourth-order valence-corrected chi connectivity index (χ4v) is 3.12. The van der Waals surface area contributed by atoms with Gasteiger partial charge in [-0.1, -0.05) is 46.3 Å². The molecule has 1 unspecified atom stereocenters. The molecule has 1 aromatic carbocycles. The standard InChI is InChI=1S/C12H10BrN3OS/c13-9-6-10(17)16(7-9)12-14-11(18-15-12)8-4-2-1-3-5-8/h1-5,9H,6-7H2. The number of aromatic nitrogens is 2. The predicted octanol–water partition coefficient (Wildman–Crippen LogP) is 2.71. The van der Waals surface area contributed by atoms with Gasteiger partial charge in [-0.15, -0.1) is 0 Å². The molecule has 1 aliphatic heterocycles. The van der Waals surface area contributed by atoms with Crippen LogP contribution in [-0.2, 0) is 4.79 Å². The second-order valence-electron chi connectivity index (χ2n) is 4.07. The van der Waals surface area contributed by atoms with Crippen molar-refractivity contribution in [3.63, 3.8) is 0 Å². The van der Waals surface area contributed by atoms with E-state index in [0.29, 0.717) is 18.9 Å². The Balaban J connectivity index is 1.88. The van der Waals surface area contributed by atoms with Crippen LogP contribution < -0.4 is 4.90 Å². The van der Waals surface area contributed by atoms with Crippen LogP contribution in [0.2, 0.25) is 0 Å². The molecule has 4 nitrogen and oxygen atoms in total. The smallest absolute Gasteiger partial charge is 0.244 e. The van der Waals surface area contributed by atoms with Gasteiger partial charge in [-0.25, -0.2) is 0 Å². The summed E-state index contributed by atoms with van der Waals surface area (Å²) in [6.07, 6.45) is 0.514. The molecule has 0 bridgehead atoms. The van der Waals surface area contributed by atoms with Crippen LogP contribution in [-0.4, -0.2) is 26.6 Å². The van der Waals surface area contributed by atoms with E-state index in [1.807, 2.05) is 30.3 Å². The molecule has 1 aliphatic rings. The first-order valence-electron chi connectivity index (χ1n) is 5.57. The summed E-state index contributed by atoms with van der Waals surface area (Å²) in [7, 11) is 0. The van der Waals surface area contributed by atoms with Crippen LogP contribution in [0.5, 0.6) is 0 Å². The lowest BCUT2D eigenvalue weighted by atomic mass is 10.2. The molecule has 3 rings (SSSR count). The predicted molar refractivity (Wildman–Crippen MR) is 75.0 cm³/mol. The monoisotopic (exact) mass is 323 g/mol. The third kappa shape index (κ3) is 2.18. The van der Waals surface area contributed by atoms with E-state index in [9.17, 15) is 4.79 Å². The second-order valence-corrected chi connectivity index (χ2v) is 6.12. The van der Waals surface area contributed by atoms with Gasteiger partial charge in [0, 0.05) is 23.4 Å². The zero-order chi connectivity index (χ0) is 12.5. The van der Waals surface area contributed by atoms with Gasteiger partial charge in [0.1, 0.15) is 5.01 Å². The molecule has 0 saturated carbocycles. The number of hydrogen-bond acceptors (Lipinski definition) is 4. The Labute approximate surface area is 117 Å². The molecule has 0 N–H and O–H groups in total. The Hall–Kier alpha value is -1.27. The molecule has 18 heavy (non-hydrogen) atoms. The van der Waals surface area contributed by atoms with E-state index in [0.717, 1.165) is 10.6 Å². The summed E-state index contributed by atoms with van der Waals surface area (Å²) in [6.45, 7) is 0.643. The highest BCUT2D eigenvalue weighted by molar-refractivity contribution is 9.09. The molecule has 1 saturated heterocycles. The van der Waals surface area contributed by atoms with Crippen molar-refractivity contribution in [3.05, 3.63) is 30.3 Å². The lowest BCUT2D eigenvalue weighted by molar-refractivity contribution is -0.117. The minimum atomic E-state index is 0.0780. The lowest BCUT2D eigenvalue weighted by Gasteiger charge is -2.09. The van der Waals surface area contributed by atoms with E-state index in [-0.39, 0.29) is 10.7 Å². The maximum absolute atomic E-state index is 11.8. The van der Waals surface area contributed by atoms with Crippen molar-refractivity contribution in [1.29, 1.82) is 0 Å². The highest BCUT2D eigenvalue weighted by Gasteiger charge is 2.31. The Morgan fingerprint density at radius 1 is 1.33 bits per heavy atom. The van der Waals surface area contributed by atoms with Crippen LogP contribution in [0, 0.1) is 0 Å². The molecule has 92 valence electrons. The maximum Gasteiger partial charge on any atom is 0.244 e. The van der Waals surface area contributed by atoms with Crippen LogP contribution in [0.25, 0.3) is 10.6 Å². The number of alkyl halides is 1. The number of hydrogen-bond donors (Lipinski definition) is 0. The molecule has 2 heterocycles. The van der Waals surface area contributed by atoms with E-state index < -0.39 is 0 Å². The van der Waals surface area contributed by atoms with E-state index in [1.54, 1.807) is 4.90 Å². The number of amides is 1. The van der Waals surface area contributed by atoms with Gasteiger partial charge in [-0.3, -0.25) is 9.69 Å². The Kier molecular flexibility index (Phi) is 3.13. The molecule has 0 spiro atoms. The number of carbonyl (C=O) groups is 1. The van der Waals surface area contributed by atoms with Gasteiger partial charge in [-0.2, -0.15) is 9.36 Å². The Bertz CT molecular complexity index is 572. The number of anilines is 1. The van der Waals surface area contributed by atoms with Crippen LogP contribution >= 0.6 is 27.5 Å². The third-order valence-electron chi connectivity index (χ3n) is 2.76. The van der Waals surface area contributed by atoms with Gasteiger partial charge in [0.2, 0.25) is 11.9 Å². The fourth-order valence-electron chi connectivity index (χ4n) is 1.88. The molecule has 1 atom stereocenters. The number of rotatable bonds is 2. The van der Waals surface area contributed by atoms with Crippen LogP contribution in [0.3, 0.4) is 0 Å². The molecule has 1 aromatic heterocycles. The fraction of sp³-hybridized carbons (Fsp3) is 0.250. The first-order valence-corrected chi connectivity index (χ1v) is 7.26. The summed E-state index contributed by atoms with van der Waals surface area (Å²) in [5, 5.41) is 0.844. The van der Waals surface area contributed by atoms with Crippen LogP contribution in [0.1, 0.15) is 6.42 Å². The van der Waals surface area contributed by atoms with Gasteiger partial charge in [0.05, 0.1) is 0 Å². The summed E-state index contributed by atoms with van der Waals surface area (Å²) in [4.78, 5) is 18.0. The zero-order valence-corrected chi connectivity index (χ0v) is 11.8. The summed E-state index contributed by atoms with van der Waals surface area (Å²) in [5.74, 6) is 0.597. The molecule has 1 amide bonds. The maximum atomic E-state index is 11.8. The first kappa shape index (κ1) is 11.8. The Morgan fingerprint density at radius 3 is 2.78 bits per heavy atom. The molecule has 6 heteroatoms. The molecular weight excluding hydrogens is 314 g/mol. The number of halogens is 1. The minimum Gasteiger partial charge on any atom is -0.279 e. The van der Waals surface area contributed by atoms with E-state index in [2.05, 4.69) is 25.3 Å². The quantitative estimate of drug-likeness (QED) is 0.798. The van der Waals surface area contributed by atoms with Gasteiger partial charge < -0.3 is 0 Å². The summed E-state index contributed by atoms with van der Waals surface area (Å²) in [6, 6.07) is 9.87. The number of nitrogens with zero attached hydrogens (tertiary/aromatic N) is 3. The summed E-state index contributed by atoms with van der Waals surface area (Å²) >= 11 is 4.78. The minimum absolute atomic E-state index is 0.0780. The van der Waals surface area contributed by atoms with E-state index in [1.165, 1.54) is 11.5 Å². The van der Waals surface area contributed by atoms with Gasteiger partial charge >= 0.3 is 0 Å². The SMILES string of the molecule is O=C1CC(Br)CN1c1nsc(-c2ccccc2)n1. The Morgan fingerprint density at radius 2 is 2.11 bits per heavy atom. The van der Waals surface area contributed by atoms with E-state index >= 15 is 0 Å². The summed E-state index contributed by atoms with van der Waals surface area (Å²) < 4.78 is 4.27. The van der Waals surface area contributed by atoms with Crippen molar-refractivity contribution in [2.75, 3.05) is 11.4 Å². The van der Waals surface area contributed by atoms with Gasteiger partial charge in [-0.05, 0) is 11.5 Å². The zero-order valence-electron chi connectivity index (χ0n) is 9.41. The molecule has 0 aliphatic carbocycles. The van der Waals surface area contributed by atoms with Crippen molar-refractivity contribution in [2.45, 2.75) is 11.2 Å². The van der Waals surface area contributed by atoms with Crippen LogP contribution in [0.4, 0.5) is 5.95 Å². The molecule has 2 aromatic rings. The molecule has 0 radical (unpaired) electrons. The van der Waals surface area contributed by atoms with Gasteiger partial charge in [0.25, 0.3) is 0 Å². The molecule has 1 fully saturated rings. The molecular formula is C12H10BrN3OS. The largest absolute Gasteiger partial charge is 0.279 e. The highest BCUT2D eigenvalue weighted by atomic mass is 79.9. The normalized spacial score (nSPS) is 19.5. The number of benzene rings is 1. The topological polar surface area (TPSA) is 46.1 Å². The third-order valence-corrected chi connectivity index (χ3v) is 4.12. The van der Waals surface area contributed by atoms with Crippen molar-refractivity contribution >= 4 is 39.3 Å². The lowest BCUT2D eigenvalue weighted by Crippen LogP contribution is -2.25. The second kappa shape index (κ2) is 4.78. The average molecular weight is 324 g/mol. The summed E-state index contributed by atoms with van der Waals surface area (Å²) in [5.41, 5.74) is 1.03. The van der Waals surface area contributed by atoms with Crippen molar-refractivity contribution in [3.8, 4) is 10.6 Å². The highest BCUT2D eigenvalue weighted by Crippen LogP contribution is 2.28. The first-order chi connectivity index (χ1) is 8.74.